The first-order valence-electron chi connectivity index (χ1n) is 22.4. The molecule has 12 aliphatic rings. The molecule has 4 nitrogen and oxygen atoms in total. The molecule has 4 heteroatoms. The van der Waals surface area contributed by atoms with Crippen molar-refractivity contribution in [3.63, 3.8) is 0 Å². The number of amides is 1. The molecule has 9 fully saturated rings. The Morgan fingerprint density at radius 2 is 0.911 bits per heavy atom. The summed E-state index contributed by atoms with van der Waals surface area (Å²) < 4.78 is 13.3. The van der Waals surface area contributed by atoms with E-state index in [0.29, 0.717) is 69.0 Å². The summed E-state index contributed by atoms with van der Waals surface area (Å²) in [5.74, 6) is 13.5. The standard InChI is InChI=1S/C52H55NO3/c1-19-20(2)25-13-24(19)39-40(25)50(5)46-36-18-35(45(46)49(39,50)4)37-38(36)48(56-9)34-15-28-27(14-33(34)47(37)55-8)31-17-32(28)44-43(31)51(6)41-29-16-30(42(41)52(44,51)7)26-12-22(53-21(3)54)10-11-23(26)29/h10-12,14-15,24-25,29-32,35-36,39-46H,1-2,13,16-18H2,3-9H3,(H,53,54)/t24-,25+,29+,30?,31-,32+,35+,36?,39?,40?,41?,42?,43?,44?,45?,46?,49-,50?,51+,52?/m1/s1. The molecular formula is C52H55NO3. The summed E-state index contributed by atoms with van der Waals surface area (Å²) in [7, 11) is 3.91. The van der Waals surface area contributed by atoms with E-state index in [1.54, 1.807) is 29.2 Å². The SMILES string of the molecule is C=C1C(=C)[C@@H]2C[C@H]1C1C2C2(C)C3C4C[C@@H](c5c4c(OC)c4cc6c(cc4c5OC)[C@H]4C[C@@H]6C5C4[C@]4(C)C6C(C7C[C@H]6c6ccc(NC(C)=O)cc67)C54C)C3[C@@]12C. The highest BCUT2D eigenvalue weighted by atomic mass is 16.5. The number of hydrogen-bond donors (Lipinski definition) is 1. The minimum Gasteiger partial charge on any atom is -0.496 e. The summed E-state index contributed by atoms with van der Waals surface area (Å²) in [6.07, 6.45) is 5.19. The molecule has 0 heterocycles. The largest absolute Gasteiger partial charge is 0.496 e. The van der Waals surface area contributed by atoms with Gasteiger partial charge in [-0.15, -0.1) is 0 Å². The van der Waals surface area contributed by atoms with Crippen LogP contribution in [0.3, 0.4) is 0 Å². The number of nitrogens with one attached hydrogen (secondary N) is 1. The third-order valence-electron chi connectivity index (χ3n) is 22.9. The second kappa shape index (κ2) is 8.74. The van der Waals surface area contributed by atoms with Crippen molar-refractivity contribution in [2.45, 2.75) is 95.8 Å². The smallest absolute Gasteiger partial charge is 0.221 e. The van der Waals surface area contributed by atoms with Gasteiger partial charge in [-0.1, -0.05) is 46.9 Å². The van der Waals surface area contributed by atoms with Crippen molar-refractivity contribution >= 4 is 22.4 Å². The van der Waals surface area contributed by atoms with Crippen LogP contribution in [0, 0.1) is 80.8 Å². The van der Waals surface area contributed by atoms with Crippen molar-refractivity contribution in [2.75, 3.05) is 19.5 Å². The topological polar surface area (TPSA) is 47.6 Å². The van der Waals surface area contributed by atoms with Crippen LogP contribution >= 0.6 is 0 Å². The van der Waals surface area contributed by atoms with Gasteiger partial charge < -0.3 is 14.8 Å². The van der Waals surface area contributed by atoms with Crippen LogP contribution in [0.2, 0.25) is 0 Å². The van der Waals surface area contributed by atoms with Gasteiger partial charge in [-0.25, -0.2) is 0 Å². The van der Waals surface area contributed by atoms with Crippen molar-refractivity contribution in [1.29, 1.82) is 0 Å². The van der Waals surface area contributed by atoms with Gasteiger partial charge in [0.05, 0.1) is 14.2 Å². The lowest BCUT2D eigenvalue weighted by Crippen LogP contribution is -2.80. The maximum Gasteiger partial charge on any atom is 0.221 e. The Morgan fingerprint density at radius 3 is 1.34 bits per heavy atom. The van der Waals surface area contributed by atoms with Crippen molar-refractivity contribution in [2.24, 2.45) is 80.8 Å². The molecule has 1 amide bonds. The van der Waals surface area contributed by atoms with E-state index in [-0.39, 0.29) is 5.91 Å². The first-order valence-corrected chi connectivity index (χ1v) is 22.4. The number of anilines is 1. The van der Waals surface area contributed by atoms with Gasteiger partial charge in [-0.2, -0.15) is 0 Å². The number of rotatable bonds is 3. The van der Waals surface area contributed by atoms with Crippen LogP contribution in [-0.4, -0.2) is 20.1 Å². The van der Waals surface area contributed by atoms with E-state index < -0.39 is 0 Å². The molecule has 12 unspecified atom stereocenters. The number of allylic oxidation sites excluding steroid dienone is 2. The minimum absolute atomic E-state index is 0.0196. The molecule has 12 aliphatic carbocycles. The predicted molar refractivity (Wildman–Crippen MR) is 218 cm³/mol. The third kappa shape index (κ3) is 2.56. The van der Waals surface area contributed by atoms with Crippen LogP contribution in [0.25, 0.3) is 10.8 Å². The van der Waals surface area contributed by atoms with Crippen LogP contribution in [-0.2, 0) is 4.79 Å². The lowest BCUT2D eigenvalue weighted by atomic mass is 9.19. The molecule has 3 aromatic carbocycles. The summed E-state index contributed by atoms with van der Waals surface area (Å²) >= 11 is 0. The van der Waals surface area contributed by atoms with Gasteiger partial charge in [0.15, 0.2) is 0 Å². The fourth-order valence-electron chi connectivity index (χ4n) is 21.9. The molecule has 3 aromatic rings. The molecular weight excluding hydrogens is 687 g/mol. The number of carbonyl (C=O) groups excluding carboxylic acids is 1. The van der Waals surface area contributed by atoms with Crippen molar-refractivity contribution in [3.05, 3.63) is 88.0 Å². The number of carbonyl (C=O) groups is 1. The van der Waals surface area contributed by atoms with E-state index in [0.717, 1.165) is 53.0 Å². The molecule has 0 radical (unpaired) electrons. The van der Waals surface area contributed by atoms with E-state index in [1.807, 2.05) is 14.2 Å². The van der Waals surface area contributed by atoms with E-state index in [9.17, 15) is 4.79 Å². The molecule has 56 heavy (non-hydrogen) atoms. The predicted octanol–water partition coefficient (Wildman–Crippen LogP) is 11.0. The number of benzene rings is 3. The van der Waals surface area contributed by atoms with Crippen molar-refractivity contribution in [1.82, 2.24) is 0 Å². The second-order valence-electron chi connectivity index (χ2n) is 22.6. The third-order valence-corrected chi connectivity index (χ3v) is 22.9. The molecule has 15 rings (SSSR count). The molecule has 0 aromatic heterocycles. The van der Waals surface area contributed by atoms with Gasteiger partial charge in [0.2, 0.25) is 5.91 Å². The highest BCUT2D eigenvalue weighted by Crippen LogP contribution is 2.97. The Hall–Kier alpha value is -3.53. The normalized spacial score (nSPS) is 53.1. The Kier molecular flexibility index (Phi) is 4.91. The van der Waals surface area contributed by atoms with Gasteiger partial charge >= 0.3 is 0 Å². The van der Waals surface area contributed by atoms with Crippen LogP contribution in [0.5, 0.6) is 11.5 Å². The second-order valence-corrected chi connectivity index (χ2v) is 22.6. The molecule has 0 spiro atoms. The van der Waals surface area contributed by atoms with Crippen LogP contribution in [0.15, 0.2) is 54.6 Å². The zero-order chi connectivity index (χ0) is 37.8. The van der Waals surface area contributed by atoms with Gasteiger partial charge in [0.25, 0.3) is 0 Å². The minimum atomic E-state index is 0.0196. The monoisotopic (exact) mass is 741 g/mol. The quantitative estimate of drug-likeness (QED) is 0.272. The van der Waals surface area contributed by atoms with Gasteiger partial charge in [0.1, 0.15) is 11.5 Å². The highest BCUT2D eigenvalue weighted by molar-refractivity contribution is 5.99. The van der Waals surface area contributed by atoms with E-state index in [1.165, 1.54) is 70.2 Å². The van der Waals surface area contributed by atoms with E-state index in [2.05, 4.69) is 76.5 Å². The van der Waals surface area contributed by atoms with Gasteiger partial charge in [-0.3, -0.25) is 4.79 Å². The molecule has 286 valence electrons. The lowest BCUT2D eigenvalue weighted by molar-refractivity contribution is -0.354. The molecule has 0 saturated heterocycles. The molecule has 0 aliphatic heterocycles. The Labute approximate surface area is 331 Å². The molecule has 1 N–H and O–H groups in total. The molecule has 8 bridgehead atoms. The number of methoxy groups -OCH3 is 2. The molecule has 9 saturated carbocycles. The lowest BCUT2D eigenvalue weighted by Gasteiger charge is -2.84. The number of hydrogen-bond acceptors (Lipinski definition) is 3. The van der Waals surface area contributed by atoms with Crippen molar-refractivity contribution < 1.29 is 14.3 Å². The average Bonchev–Trinajstić information content (AvgIpc) is 4.06. The maximum absolute atomic E-state index is 12.0. The zero-order valence-corrected chi connectivity index (χ0v) is 34.1. The first-order chi connectivity index (χ1) is 26.9. The van der Waals surface area contributed by atoms with Crippen LogP contribution in [0.1, 0.15) is 129 Å². The fraction of sp³-hybridized carbons (Fsp3) is 0.596. The first kappa shape index (κ1) is 31.5. The summed E-state index contributed by atoms with van der Waals surface area (Å²) in [5.41, 5.74) is 14.7. The number of ether oxygens (including phenoxy) is 2. The van der Waals surface area contributed by atoms with Crippen molar-refractivity contribution in [3.8, 4) is 11.5 Å². The summed E-state index contributed by atoms with van der Waals surface area (Å²) in [4.78, 5) is 12.0. The Balaban J connectivity index is 0.844. The average molecular weight is 742 g/mol. The fourth-order valence-corrected chi connectivity index (χ4v) is 21.9. The highest BCUT2D eigenvalue weighted by Gasteiger charge is 2.90. The zero-order valence-electron chi connectivity index (χ0n) is 34.1. The Bertz CT molecular complexity index is 2570. The van der Waals surface area contributed by atoms with Gasteiger partial charge in [-0.05, 0) is 200 Å². The van der Waals surface area contributed by atoms with Crippen LogP contribution < -0.4 is 14.8 Å². The summed E-state index contributed by atoms with van der Waals surface area (Å²) in [5, 5.41) is 5.72. The van der Waals surface area contributed by atoms with E-state index >= 15 is 0 Å². The van der Waals surface area contributed by atoms with Gasteiger partial charge in [0, 0.05) is 34.5 Å². The summed E-state index contributed by atoms with van der Waals surface area (Å²) in [6, 6.07) is 12.1. The van der Waals surface area contributed by atoms with Crippen LogP contribution in [0.4, 0.5) is 5.69 Å². The maximum atomic E-state index is 12.0. The number of fused-ring (bicyclic) bond motifs is 40. The Morgan fingerprint density at radius 1 is 0.554 bits per heavy atom. The van der Waals surface area contributed by atoms with E-state index in [4.69, 9.17) is 9.47 Å². The summed E-state index contributed by atoms with van der Waals surface area (Å²) in [6.45, 7) is 21.7. The molecule has 20 atom stereocenters.